The number of carbonyl (C=O) groups is 1. The normalized spacial score (nSPS) is 19.6. The van der Waals surface area contributed by atoms with Crippen LogP contribution in [0, 0.1) is 5.92 Å². The van der Waals surface area contributed by atoms with Crippen molar-refractivity contribution in [3.63, 3.8) is 0 Å². The third-order valence-corrected chi connectivity index (χ3v) is 3.91. The predicted molar refractivity (Wildman–Crippen MR) is 81.8 cm³/mol. The van der Waals surface area contributed by atoms with Gasteiger partial charge in [0.05, 0.1) is 0 Å². The topological polar surface area (TPSA) is 56.7 Å². The van der Waals surface area contributed by atoms with Gasteiger partial charge in [-0.25, -0.2) is 0 Å². The van der Waals surface area contributed by atoms with Gasteiger partial charge in [-0.05, 0) is 32.1 Å². The fourth-order valence-corrected chi connectivity index (χ4v) is 2.54. The molecule has 1 aliphatic heterocycles. The van der Waals surface area contributed by atoms with E-state index in [-0.39, 0.29) is 0 Å². The first-order chi connectivity index (χ1) is 9.79. The van der Waals surface area contributed by atoms with Gasteiger partial charge in [-0.3, -0.25) is 9.79 Å². The molecule has 0 radical (unpaired) electrons. The van der Waals surface area contributed by atoms with E-state index < -0.39 is 0 Å². The number of hydrogen-bond acceptors (Lipinski definition) is 2. The molecule has 1 aliphatic carbocycles. The fourth-order valence-electron chi connectivity index (χ4n) is 2.54. The molecule has 1 heterocycles. The summed E-state index contributed by atoms with van der Waals surface area (Å²) in [5.74, 6) is 2.18. The molecule has 0 spiro atoms. The number of likely N-dealkylation sites (tertiary alicyclic amines) is 1. The second-order valence-electron chi connectivity index (χ2n) is 5.76. The summed E-state index contributed by atoms with van der Waals surface area (Å²) in [6.07, 6.45) is 6.76. The van der Waals surface area contributed by atoms with Crippen LogP contribution in [0.2, 0.25) is 0 Å². The molecule has 2 rings (SSSR count). The molecule has 0 unspecified atom stereocenters. The summed E-state index contributed by atoms with van der Waals surface area (Å²) >= 11 is 0. The van der Waals surface area contributed by atoms with E-state index in [1.54, 1.807) is 0 Å². The number of guanidine groups is 1. The zero-order chi connectivity index (χ0) is 14.2. The molecule has 1 saturated heterocycles. The van der Waals surface area contributed by atoms with E-state index in [1.807, 2.05) is 4.90 Å². The zero-order valence-electron chi connectivity index (χ0n) is 12.7. The Morgan fingerprint density at radius 3 is 2.90 bits per heavy atom. The Hall–Kier alpha value is -1.26. The minimum Gasteiger partial charge on any atom is -0.357 e. The van der Waals surface area contributed by atoms with Crippen molar-refractivity contribution >= 4 is 11.9 Å². The molecule has 114 valence electrons. The fraction of sp³-hybridized carbons (Fsp3) is 0.867. The summed E-state index contributed by atoms with van der Waals surface area (Å²) in [5, 5.41) is 6.66. The maximum Gasteiger partial charge on any atom is 0.222 e. The highest BCUT2D eigenvalue weighted by Gasteiger charge is 2.20. The predicted octanol–water partition coefficient (Wildman–Crippen LogP) is 1.35. The lowest BCUT2D eigenvalue weighted by molar-refractivity contribution is -0.127. The SMILES string of the molecule is CCNC(=NCCCN1CCCC1=O)NCCC1CC1. The molecular formula is C15H28N4O. The van der Waals surface area contributed by atoms with Crippen LogP contribution in [0.1, 0.15) is 45.4 Å². The van der Waals surface area contributed by atoms with Gasteiger partial charge < -0.3 is 15.5 Å². The van der Waals surface area contributed by atoms with Crippen molar-refractivity contribution in [2.75, 3.05) is 32.7 Å². The lowest BCUT2D eigenvalue weighted by Crippen LogP contribution is -2.38. The molecule has 20 heavy (non-hydrogen) atoms. The molecule has 0 aromatic heterocycles. The Kier molecular flexibility index (Phi) is 6.15. The van der Waals surface area contributed by atoms with Crippen LogP contribution in [0.25, 0.3) is 0 Å². The summed E-state index contributed by atoms with van der Waals surface area (Å²) in [6, 6.07) is 0. The second kappa shape index (κ2) is 8.12. The van der Waals surface area contributed by atoms with Crippen LogP contribution in [0.4, 0.5) is 0 Å². The molecule has 2 aliphatic rings. The Morgan fingerprint density at radius 1 is 1.40 bits per heavy atom. The molecular weight excluding hydrogens is 252 g/mol. The molecule has 1 saturated carbocycles. The summed E-state index contributed by atoms with van der Waals surface area (Å²) in [4.78, 5) is 18.0. The molecule has 0 aromatic rings. The first kappa shape index (κ1) is 15.1. The largest absolute Gasteiger partial charge is 0.357 e. The van der Waals surface area contributed by atoms with Crippen LogP contribution in [0.5, 0.6) is 0 Å². The van der Waals surface area contributed by atoms with Crippen LogP contribution < -0.4 is 10.6 Å². The van der Waals surface area contributed by atoms with Gasteiger partial charge in [-0.15, -0.1) is 0 Å². The third-order valence-electron chi connectivity index (χ3n) is 3.91. The monoisotopic (exact) mass is 280 g/mol. The highest BCUT2D eigenvalue weighted by molar-refractivity contribution is 5.79. The minimum absolute atomic E-state index is 0.309. The summed E-state index contributed by atoms with van der Waals surface area (Å²) in [5.41, 5.74) is 0. The summed E-state index contributed by atoms with van der Waals surface area (Å²) in [6.45, 7) is 6.55. The van der Waals surface area contributed by atoms with Gasteiger partial charge in [-0.1, -0.05) is 12.8 Å². The van der Waals surface area contributed by atoms with Gasteiger partial charge in [0.1, 0.15) is 0 Å². The molecule has 5 heteroatoms. The van der Waals surface area contributed by atoms with Gasteiger partial charge in [0.25, 0.3) is 0 Å². The van der Waals surface area contributed by atoms with E-state index in [4.69, 9.17) is 0 Å². The average molecular weight is 280 g/mol. The van der Waals surface area contributed by atoms with Crippen LogP contribution >= 0.6 is 0 Å². The Morgan fingerprint density at radius 2 is 2.25 bits per heavy atom. The smallest absolute Gasteiger partial charge is 0.222 e. The summed E-state index contributed by atoms with van der Waals surface area (Å²) < 4.78 is 0. The van der Waals surface area contributed by atoms with Gasteiger partial charge in [0, 0.05) is 39.1 Å². The minimum atomic E-state index is 0.309. The van der Waals surface area contributed by atoms with E-state index in [0.29, 0.717) is 5.91 Å². The number of amides is 1. The molecule has 2 fully saturated rings. The number of hydrogen-bond donors (Lipinski definition) is 2. The van der Waals surface area contributed by atoms with E-state index in [9.17, 15) is 4.79 Å². The highest BCUT2D eigenvalue weighted by atomic mass is 16.2. The van der Waals surface area contributed by atoms with Crippen molar-refractivity contribution in [1.29, 1.82) is 0 Å². The third kappa shape index (κ3) is 5.39. The van der Waals surface area contributed by atoms with Crippen molar-refractivity contribution in [3.05, 3.63) is 0 Å². The standard InChI is InChI=1S/C15H28N4O/c1-2-16-15(18-10-8-13-6-7-13)17-9-4-12-19-11-3-5-14(19)20/h13H,2-12H2,1H3,(H2,16,17,18). The number of carbonyl (C=O) groups excluding carboxylic acids is 1. The molecule has 0 bridgehead atoms. The van der Waals surface area contributed by atoms with E-state index in [2.05, 4.69) is 22.5 Å². The van der Waals surface area contributed by atoms with Crippen LogP contribution in [0.15, 0.2) is 4.99 Å². The van der Waals surface area contributed by atoms with Crippen LogP contribution in [-0.2, 0) is 4.79 Å². The maximum atomic E-state index is 11.5. The van der Waals surface area contributed by atoms with E-state index in [0.717, 1.165) is 63.9 Å². The molecule has 5 nitrogen and oxygen atoms in total. The first-order valence-electron chi connectivity index (χ1n) is 8.09. The average Bonchev–Trinajstić information content (AvgIpc) is 3.17. The molecule has 1 amide bonds. The van der Waals surface area contributed by atoms with Crippen molar-refractivity contribution in [2.24, 2.45) is 10.9 Å². The lowest BCUT2D eigenvalue weighted by Gasteiger charge is -2.15. The molecule has 0 atom stereocenters. The van der Waals surface area contributed by atoms with Gasteiger partial charge in [-0.2, -0.15) is 0 Å². The van der Waals surface area contributed by atoms with Crippen LogP contribution in [0.3, 0.4) is 0 Å². The molecule has 0 aromatic carbocycles. The maximum absolute atomic E-state index is 11.5. The first-order valence-corrected chi connectivity index (χ1v) is 8.09. The lowest BCUT2D eigenvalue weighted by atomic mass is 10.3. The quantitative estimate of drug-likeness (QED) is 0.401. The highest BCUT2D eigenvalue weighted by Crippen LogP contribution is 2.31. The molecule has 2 N–H and O–H groups in total. The Balaban J connectivity index is 1.60. The van der Waals surface area contributed by atoms with Crippen LogP contribution in [-0.4, -0.2) is 49.5 Å². The van der Waals surface area contributed by atoms with Crippen molar-refractivity contribution < 1.29 is 4.79 Å². The van der Waals surface area contributed by atoms with Crippen molar-refractivity contribution in [2.45, 2.75) is 45.4 Å². The van der Waals surface area contributed by atoms with Crippen molar-refractivity contribution in [3.8, 4) is 0 Å². The zero-order valence-corrected chi connectivity index (χ0v) is 12.7. The Bertz CT molecular complexity index is 339. The van der Waals surface area contributed by atoms with Gasteiger partial charge in [0.2, 0.25) is 5.91 Å². The number of nitrogens with zero attached hydrogens (tertiary/aromatic N) is 2. The number of nitrogens with one attached hydrogen (secondary N) is 2. The van der Waals surface area contributed by atoms with E-state index >= 15 is 0 Å². The van der Waals surface area contributed by atoms with Crippen molar-refractivity contribution in [1.82, 2.24) is 15.5 Å². The Labute approximate surface area is 122 Å². The van der Waals surface area contributed by atoms with Gasteiger partial charge >= 0.3 is 0 Å². The second-order valence-corrected chi connectivity index (χ2v) is 5.76. The number of rotatable bonds is 8. The number of aliphatic imine (C=N–C) groups is 1. The van der Waals surface area contributed by atoms with E-state index in [1.165, 1.54) is 19.3 Å². The summed E-state index contributed by atoms with van der Waals surface area (Å²) in [7, 11) is 0. The van der Waals surface area contributed by atoms with Gasteiger partial charge in [0.15, 0.2) is 5.96 Å².